The maximum atomic E-state index is 5.12. The first-order chi connectivity index (χ1) is 7.76. The third kappa shape index (κ3) is 4.59. The molecule has 0 saturated heterocycles. The van der Waals surface area contributed by atoms with Gasteiger partial charge in [0.2, 0.25) is 0 Å². The van der Waals surface area contributed by atoms with Crippen LogP contribution in [0.2, 0.25) is 0 Å². The molecular weight excluding hydrogens is 224 g/mol. The smallest absolute Gasteiger partial charge is 0.171 e. The number of nitrogens with one attached hydrogen (secondary N) is 2. The molecular formula is C10H18N4OS. The summed E-state index contributed by atoms with van der Waals surface area (Å²) in [6.07, 6.45) is 2.84. The predicted molar refractivity (Wildman–Crippen MR) is 68.6 cm³/mol. The maximum absolute atomic E-state index is 5.12. The van der Waals surface area contributed by atoms with E-state index in [9.17, 15) is 0 Å². The second kappa shape index (κ2) is 7.19. The lowest BCUT2D eigenvalue weighted by atomic mass is 10.4. The van der Waals surface area contributed by atoms with Crippen LogP contribution in [0.5, 0.6) is 0 Å². The maximum Gasteiger partial charge on any atom is 0.171 e. The zero-order valence-electron chi connectivity index (χ0n) is 9.69. The molecule has 2 N–H and O–H groups in total. The molecule has 16 heavy (non-hydrogen) atoms. The minimum absolute atomic E-state index is 0.595. The van der Waals surface area contributed by atoms with Crippen LogP contribution in [0.3, 0.4) is 0 Å². The molecule has 0 spiro atoms. The lowest BCUT2D eigenvalue weighted by Gasteiger charge is -2.07. The van der Waals surface area contributed by atoms with Gasteiger partial charge in [0.25, 0.3) is 0 Å². The summed E-state index contributed by atoms with van der Waals surface area (Å²) in [5.41, 5.74) is 0. The number of rotatable bonds is 6. The molecule has 1 aromatic rings. The van der Waals surface area contributed by atoms with Crippen molar-refractivity contribution in [2.24, 2.45) is 0 Å². The Morgan fingerprint density at radius 3 is 3.06 bits per heavy atom. The molecule has 5 nitrogen and oxygen atoms in total. The highest BCUT2D eigenvalue weighted by molar-refractivity contribution is 7.80. The van der Waals surface area contributed by atoms with E-state index in [1.54, 1.807) is 7.11 Å². The average molecular weight is 242 g/mol. The molecule has 0 fully saturated rings. The summed E-state index contributed by atoms with van der Waals surface area (Å²) in [6.45, 7) is 4.43. The van der Waals surface area contributed by atoms with Gasteiger partial charge in [0.1, 0.15) is 0 Å². The lowest BCUT2D eigenvalue weighted by molar-refractivity contribution is 0.196. The zero-order valence-corrected chi connectivity index (χ0v) is 10.5. The largest absolute Gasteiger partial charge is 0.385 e. The first kappa shape index (κ1) is 12.9. The van der Waals surface area contributed by atoms with Crippen molar-refractivity contribution in [1.29, 1.82) is 0 Å². The molecule has 1 aromatic heterocycles. The van der Waals surface area contributed by atoms with Crippen LogP contribution in [0.15, 0.2) is 12.3 Å². The summed E-state index contributed by atoms with van der Waals surface area (Å²) in [5, 5.41) is 11.0. The van der Waals surface area contributed by atoms with E-state index in [1.165, 1.54) is 0 Å². The second-order valence-corrected chi connectivity index (χ2v) is 3.69. The zero-order chi connectivity index (χ0) is 11.8. The summed E-state index contributed by atoms with van der Waals surface area (Å²) in [5.74, 6) is 0.770. The topological polar surface area (TPSA) is 51.1 Å². The highest BCUT2D eigenvalue weighted by Crippen LogP contribution is 2.01. The molecule has 90 valence electrons. The number of aromatic nitrogens is 2. The number of anilines is 1. The summed E-state index contributed by atoms with van der Waals surface area (Å²) >= 11 is 5.12. The van der Waals surface area contributed by atoms with E-state index in [0.29, 0.717) is 5.11 Å². The SMILES string of the molecule is CCn1ccc(NC(=S)NCCCOC)n1. The Labute approximate surface area is 101 Å². The molecule has 6 heteroatoms. The van der Waals surface area contributed by atoms with Crippen LogP contribution in [-0.2, 0) is 11.3 Å². The lowest BCUT2D eigenvalue weighted by Crippen LogP contribution is -2.29. The van der Waals surface area contributed by atoms with Crippen LogP contribution in [0.1, 0.15) is 13.3 Å². The van der Waals surface area contributed by atoms with E-state index >= 15 is 0 Å². The standard InChI is InChI=1S/C10H18N4OS/c1-3-14-7-5-9(13-14)12-10(16)11-6-4-8-15-2/h5,7H,3-4,6,8H2,1-2H3,(H2,11,12,13,16). The quantitative estimate of drug-likeness (QED) is 0.580. The van der Waals surface area contributed by atoms with Crippen molar-refractivity contribution in [2.45, 2.75) is 19.9 Å². The third-order valence-corrected chi connectivity index (χ3v) is 2.26. The Bertz CT molecular complexity index is 326. The van der Waals surface area contributed by atoms with Crippen molar-refractivity contribution in [1.82, 2.24) is 15.1 Å². The molecule has 0 aliphatic carbocycles. The summed E-state index contributed by atoms with van der Waals surface area (Å²) < 4.78 is 6.78. The monoisotopic (exact) mass is 242 g/mol. The van der Waals surface area contributed by atoms with E-state index in [2.05, 4.69) is 15.7 Å². The molecule has 0 aliphatic rings. The molecule has 0 aliphatic heterocycles. The van der Waals surface area contributed by atoms with Gasteiger partial charge in [-0.25, -0.2) is 0 Å². The fraction of sp³-hybridized carbons (Fsp3) is 0.600. The summed E-state index contributed by atoms with van der Waals surface area (Å²) in [7, 11) is 1.69. The average Bonchev–Trinajstić information content (AvgIpc) is 2.72. The van der Waals surface area contributed by atoms with Crippen molar-refractivity contribution in [3.63, 3.8) is 0 Å². The van der Waals surface area contributed by atoms with Crippen LogP contribution in [-0.4, -0.2) is 35.2 Å². The van der Waals surface area contributed by atoms with Crippen molar-refractivity contribution >= 4 is 23.1 Å². The molecule has 0 unspecified atom stereocenters. The van der Waals surface area contributed by atoms with Crippen molar-refractivity contribution in [2.75, 3.05) is 25.6 Å². The van der Waals surface area contributed by atoms with Gasteiger partial charge in [0, 0.05) is 39.1 Å². The van der Waals surface area contributed by atoms with Gasteiger partial charge >= 0.3 is 0 Å². The number of hydrogen-bond donors (Lipinski definition) is 2. The van der Waals surface area contributed by atoms with Gasteiger partial charge in [-0.2, -0.15) is 5.10 Å². The van der Waals surface area contributed by atoms with E-state index < -0.39 is 0 Å². The van der Waals surface area contributed by atoms with Crippen LogP contribution < -0.4 is 10.6 Å². The predicted octanol–water partition coefficient (Wildman–Crippen LogP) is 1.23. The molecule has 0 bridgehead atoms. The number of nitrogens with zero attached hydrogens (tertiary/aromatic N) is 2. The number of aryl methyl sites for hydroxylation is 1. The van der Waals surface area contributed by atoms with Crippen molar-refractivity contribution in [3.05, 3.63) is 12.3 Å². The van der Waals surface area contributed by atoms with Gasteiger partial charge in [0.05, 0.1) is 0 Å². The molecule has 1 heterocycles. The minimum atomic E-state index is 0.595. The first-order valence-corrected chi connectivity index (χ1v) is 5.74. The van der Waals surface area contributed by atoms with Gasteiger partial charge in [-0.15, -0.1) is 0 Å². The van der Waals surface area contributed by atoms with Gasteiger partial charge in [-0.1, -0.05) is 0 Å². The van der Waals surface area contributed by atoms with E-state index in [4.69, 9.17) is 17.0 Å². The molecule has 0 amide bonds. The normalized spacial score (nSPS) is 10.1. The first-order valence-electron chi connectivity index (χ1n) is 5.33. The fourth-order valence-electron chi connectivity index (χ4n) is 1.18. The number of methoxy groups -OCH3 is 1. The Morgan fingerprint density at radius 2 is 2.44 bits per heavy atom. The van der Waals surface area contributed by atoms with Crippen molar-refractivity contribution in [3.8, 4) is 0 Å². The van der Waals surface area contributed by atoms with Gasteiger partial charge in [0.15, 0.2) is 10.9 Å². The van der Waals surface area contributed by atoms with Gasteiger partial charge in [-0.3, -0.25) is 4.68 Å². The molecule has 0 saturated carbocycles. The van der Waals surface area contributed by atoms with E-state index in [1.807, 2.05) is 23.9 Å². The van der Waals surface area contributed by atoms with Crippen LogP contribution in [0.25, 0.3) is 0 Å². The van der Waals surface area contributed by atoms with Gasteiger partial charge in [-0.05, 0) is 25.6 Å². The Morgan fingerprint density at radius 1 is 1.62 bits per heavy atom. The highest BCUT2D eigenvalue weighted by Gasteiger charge is 1.99. The van der Waals surface area contributed by atoms with E-state index in [-0.39, 0.29) is 0 Å². The van der Waals surface area contributed by atoms with Crippen LogP contribution in [0, 0.1) is 0 Å². The summed E-state index contributed by atoms with van der Waals surface area (Å²) in [4.78, 5) is 0. The van der Waals surface area contributed by atoms with Gasteiger partial charge < -0.3 is 15.4 Å². The Kier molecular flexibility index (Phi) is 5.81. The molecule has 1 rings (SSSR count). The van der Waals surface area contributed by atoms with Crippen molar-refractivity contribution < 1.29 is 4.74 Å². The molecule has 0 radical (unpaired) electrons. The van der Waals surface area contributed by atoms with E-state index in [0.717, 1.165) is 31.9 Å². The molecule has 0 aromatic carbocycles. The second-order valence-electron chi connectivity index (χ2n) is 3.28. The fourth-order valence-corrected chi connectivity index (χ4v) is 1.39. The number of hydrogen-bond acceptors (Lipinski definition) is 3. The number of thiocarbonyl (C=S) groups is 1. The highest BCUT2D eigenvalue weighted by atomic mass is 32.1. The molecule has 0 atom stereocenters. The Hall–Kier alpha value is -1.14. The Balaban J connectivity index is 2.23. The van der Waals surface area contributed by atoms with Crippen LogP contribution >= 0.6 is 12.2 Å². The van der Waals surface area contributed by atoms with Crippen LogP contribution in [0.4, 0.5) is 5.82 Å². The number of ether oxygens (including phenoxy) is 1. The minimum Gasteiger partial charge on any atom is -0.385 e. The summed E-state index contributed by atoms with van der Waals surface area (Å²) in [6, 6.07) is 1.90. The third-order valence-electron chi connectivity index (χ3n) is 2.02.